The van der Waals surface area contributed by atoms with Gasteiger partial charge in [-0.25, -0.2) is 9.97 Å². The fourth-order valence-electron chi connectivity index (χ4n) is 5.58. The molecule has 2 aliphatic rings. The number of aromatic nitrogens is 5. The van der Waals surface area contributed by atoms with E-state index in [0.717, 1.165) is 52.0 Å². The summed E-state index contributed by atoms with van der Waals surface area (Å²) in [5, 5.41) is 10.7. The molecule has 9 heteroatoms. The maximum Gasteiger partial charge on any atom is 0.202 e. The Kier molecular flexibility index (Phi) is 5.81. The van der Waals surface area contributed by atoms with E-state index in [2.05, 4.69) is 63.2 Å². The van der Waals surface area contributed by atoms with Crippen molar-refractivity contribution in [3.05, 3.63) is 52.6 Å². The van der Waals surface area contributed by atoms with Crippen molar-refractivity contribution in [2.75, 3.05) is 25.4 Å². The molecule has 1 aliphatic heterocycles. The predicted molar refractivity (Wildman–Crippen MR) is 140 cm³/mol. The number of oxazole rings is 1. The molecule has 3 aromatic heterocycles. The van der Waals surface area contributed by atoms with Crippen LogP contribution in [0.2, 0.25) is 0 Å². The Morgan fingerprint density at radius 1 is 1.20 bits per heavy atom. The van der Waals surface area contributed by atoms with Crippen molar-refractivity contribution in [3.8, 4) is 22.0 Å². The predicted octanol–water partition coefficient (Wildman–Crippen LogP) is 5.27. The number of thioether (sulfide) groups is 1. The van der Waals surface area contributed by atoms with E-state index in [4.69, 9.17) is 4.42 Å². The maximum absolute atomic E-state index is 5.48. The Hall–Kier alpha value is -2.49. The second-order valence-electron chi connectivity index (χ2n) is 9.85. The van der Waals surface area contributed by atoms with Gasteiger partial charge in [-0.2, -0.15) is 0 Å². The summed E-state index contributed by atoms with van der Waals surface area (Å²) < 4.78 is 7.48. The summed E-state index contributed by atoms with van der Waals surface area (Å²) in [7, 11) is 1.99. The first kappa shape index (κ1) is 22.9. The van der Waals surface area contributed by atoms with E-state index in [9.17, 15) is 0 Å². The van der Waals surface area contributed by atoms with Gasteiger partial charge in [0.2, 0.25) is 5.82 Å². The fourth-order valence-corrected chi connectivity index (χ4v) is 7.33. The molecule has 0 spiro atoms. The van der Waals surface area contributed by atoms with Gasteiger partial charge in [0.15, 0.2) is 17.3 Å². The number of nitrogens with zero attached hydrogens (tertiary/aromatic N) is 6. The summed E-state index contributed by atoms with van der Waals surface area (Å²) in [6, 6.07) is 9.25. The van der Waals surface area contributed by atoms with Crippen LogP contribution in [0.15, 0.2) is 40.2 Å². The number of piperidine rings is 1. The molecule has 4 heterocycles. The van der Waals surface area contributed by atoms with E-state index in [0.29, 0.717) is 11.2 Å². The van der Waals surface area contributed by atoms with Gasteiger partial charge in [-0.1, -0.05) is 30.0 Å². The molecule has 4 aromatic rings. The van der Waals surface area contributed by atoms with Crippen LogP contribution in [0.25, 0.3) is 22.0 Å². The number of rotatable bonds is 8. The average Bonchev–Trinajstić information content (AvgIpc) is 3.25. The summed E-state index contributed by atoms with van der Waals surface area (Å²) in [6.45, 7) is 9.65. The monoisotopic (exact) mass is 506 g/mol. The molecule has 1 unspecified atom stereocenters. The molecule has 1 aliphatic carbocycles. The van der Waals surface area contributed by atoms with Crippen molar-refractivity contribution < 1.29 is 4.42 Å². The quantitative estimate of drug-likeness (QED) is 0.238. The highest BCUT2D eigenvalue weighted by Crippen LogP contribution is 2.59. The van der Waals surface area contributed by atoms with Crippen LogP contribution < -0.4 is 0 Å². The third-order valence-electron chi connectivity index (χ3n) is 7.45. The van der Waals surface area contributed by atoms with Crippen LogP contribution in [-0.4, -0.2) is 55.0 Å². The Labute approximate surface area is 214 Å². The first-order valence-corrected chi connectivity index (χ1v) is 13.9. The Morgan fingerprint density at radius 2 is 2.09 bits per heavy atom. The van der Waals surface area contributed by atoms with Gasteiger partial charge in [0.05, 0.1) is 21.3 Å². The van der Waals surface area contributed by atoms with Crippen LogP contribution in [0.5, 0.6) is 0 Å². The summed E-state index contributed by atoms with van der Waals surface area (Å²) >= 11 is 3.56. The van der Waals surface area contributed by atoms with Crippen molar-refractivity contribution >= 4 is 23.1 Å². The molecule has 1 saturated carbocycles. The highest BCUT2D eigenvalue weighted by atomic mass is 32.2. The molecule has 2 fully saturated rings. The Bertz CT molecular complexity index is 1370. The second kappa shape index (κ2) is 8.87. The van der Waals surface area contributed by atoms with Gasteiger partial charge >= 0.3 is 0 Å². The molecule has 6 rings (SSSR count). The number of hydrogen-bond donors (Lipinski definition) is 0. The molecular weight excluding hydrogens is 476 g/mol. The smallest absolute Gasteiger partial charge is 0.202 e. The lowest BCUT2D eigenvalue weighted by Gasteiger charge is -2.21. The largest absolute Gasteiger partial charge is 0.440 e. The lowest BCUT2D eigenvalue weighted by Crippen LogP contribution is -2.27. The zero-order valence-corrected chi connectivity index (χ0v) is 22.2. The molecule has 1 aromatic carbocycles. The van der Waals surface area contributed by atoms with Crippen molar-refractivity contribution in [1.29, 1.82) is 0 Å². The van der Waals surface area contributed by atoms with Crippen LogP contribution >= 0.6 is 23.1 Å². The Balaban J connectivity index is 1.05. The van der Waals surface area contributed by atoms with Gasteiger partial charge in [-0.05, 0) is 63.3 Å². The SMILES string of the molecule is Cc1nc(C)c(-c2cccc(C34C[C@@H]3CN(CCCSc3nnc(-c5ocnc5C)n3C)C4)c2)s1. The minimum absolute atomic E-state index is 0.351. The normalized spacial score (nSPS) is 21.5. The lowest BCUT2D eigenvalue weighted by molar-refractivity contribution is 0.299. The molecular formula is C26H30N6OS2. The number of likely N-dealkylation sites (tertiary alicyclic amines) is 1. The van der Waals surface area contributed by atoms with E-state index in [1.165, 1.54) is 41.9 Å². The zero-order valence-electron chi connectivity index (χ0n) is 20.6. The third-order valence-corrected chi connectivity index (χ3v) is 9.68. The van der Waals surface area contributed by atoms with Crippen molar-refractivity contribution in [2.24, 2.45) is 13.0 Å². The van der Waals surface area contributed by atoms with Crippen molar-refractivity contribution in [3.63, 3.8) is 0 Å². The summed E-state index contributed by atoms with van der Waals surface area (Å²) in [6.07, 6.45) is 3.92. The van der Waals surface area contributed by atoms with Gasteiger partial charge in [0, 0.05) is 31.3 Å². The molecule has 0 amide bonds. The first-order chi connectivity index (χ1) is 16.9. The highest BCUT2D eigenvalue weighted by Gasteiger charge is 2.60. The molecule has 1 saturated heterocycles. The van der Waals surface area contributed by atoms with Crippen molar-refractivity contribution in [2.45, 2.75) is 44.2 Å². The van der Waals surface area contributed by atoms with Gasteiger partial charge in [-0.15, -0.1) is 21.5 Å². The third kappa shape index (κ3) is 4.13. The molecule has 7 nitrogen and oxygen atoms in total. The Morgan fingerprint density at radius 3 is 2.86 bits per heavy atom. The van der Waals surface area contributed by atoms with Crippen LogP contribution in [-0.2, 0) is 12.5 Å². The van der Waals surface area contributed by atoms with Gasteiger partial charge in [0.25, 0.3) is 0 Å². The molecule has 35 heavy (non-hydrogen) atoms. The van der Waals surface area contributed by atoms with Gasteiger partial charge in [-0.3, -0.25) is 0 Å². The standard InChI is InChI=1S/C26H30N6OS2/c1-16-22(33-15-27-16)24-29-30-25(31(24)4)34-10-6-9-32-13-21-12-26(21,14-32)20-8-5-7-19(11-20)23-17(2)28-18(3)35-23/h5,7-8,11,15,21H,6,9-10,12-14H2,1-4H3/t21-,26?/m1/s1. The van der Waals surface area contributed by atoms with Crippen LogP contribution in [0.3, 0.4) is 0 Å². The molecule has 0 bridgehead atoms. The number of thiazole rings is 1. The number of fused-ring (bicyclic) bond motifs is 1. The molecule has 0 N–H and O–H groups in total. The molecule has 2 atom stereocenters. The zero-order chi connectivity index (χ0) is 24.2. The van der Waals surface area contributed by atoms with E-state index in [-0.39, 0.29) is 0 Å². The topological polar surface area (TPSA) is 72.9 Å². The number of benzene rings is 1. The lowest BCUT2D eigenvalue weighted by atomic mass is 9.93. The summed E-state index contributed by atoms with van der Waals surface area (Å²) in [4.78, 5) is 12.8. The first-order valence-electron chi connectivity index (χ1n) is 12.1. The number of aryl methyl sites for hydroxylation is 3. The van der Waals surface area contributed by atoms with Crippen LogP contribution in [0.1, 0.15) is 34.8 Å². The number of hydrogen-bond acceptors (Lipinski definition) is 8. The van der Waals surface area contributed by atoms with Gasteiger partial charge in [0.1, 0.15) is 0 Å². The van der Waals surface area contributed by atoms with E-state index < -0.39 is 0 Å². The van der Waals surface area contributed by atoms with E-state index in [1.807, 2.05) is 18.5 Å². The highest BCUT2D eigenvalue weighted by molar-refractivity contribution is 7.99. The van der Waals surface area contributed by atoms with Crippen LogP contribution in [0.4, 0.5) is 0 Å². The van der Waals surface area contributed by atoms with E-state index in [1.54, 1.807) is 23.1 Å². The van der Waals surface area contributed by atoms with Crippen molar-refractivity contribution in [1.82, 2.24) is 29.6 Å². The fraction of sp³-hybridized carbons (Fsp3) is 0.462. The average molecular weight is 507 g/mol. The summed E-state index contributed by atoms with van der Waals surface area (Å²) in [5.74, 6) is 3.24. The van der Waals surface area contributed by atoms with Gasteiger partial charge < -0.3 is 13.9 Å². The minimum atomic E-state index is 0.351. The maximum atomic E-state index is 5.48. The van der Waals surface area contributed by atoms with E-state index >= 15 is 0 Å². The minimum Gasteiger partial charge on any atom is -0.440 e. The molecule has 0 radical (unpaired) electrons. The molecule has 182 valence electrons. The van der Waals surface area contributed by atoms with Crippen LogP contribution in [0, 0.1) is 26.7 Å². The summed E-state index contributed by atoms with van der Waals surface area (Å²) in [5.41, 5.74) is 5.16. The second-order valence-corrected chi connectivity index (χ2v) is 12.1.